The lowest BCUT2D eigenvalue weighted by atomic mass is 10.1. The highest BCUT2D eigenvalue weighted by atomic mass is 32.2. The first-order valence-corrected chi connectivity index (χ1v) is 9.08. The molecule has 23 heavy (non-hydrogen) atoms. The van der Waals surface area contributed by atoms with E-state index in [0.717, 1.165) is 10.7 Å². The Hall–Kier alpha value is -1.80. The van der Waals surface area contributed by atoms with Crippen molar-refractivity contribution in [1.29, 1.82) is 0 Å². The third-order valence-corrected chi connectivity index (χ3v) is 5.97. The molecule has 126 valence electrons. The molecule has 2 aliphatic rings. The van der Waals surface area contributed by atoms with Crippen LogP contribution in [0.25, 0.3) is 0 Å². The molecule has 8 heteroatoms. The molecule has 0 radical (unpaired) electrons. The molecule has 1 aromatic rings. The van der Waals surface area contributed by atoms with Gasteiger partial charge in [-0.2, -0.15) is 4.31 Å². The van der Waals surface area contributed by atoms with Crippen LogP contribution in [0.5, 0.6) is 11.5 Å². The van der Waals surface area contributed by atoms with Crippen LogP contribution in [0.4, 0.5) is 0 Å². The van der Waals surface area contributed by atoms with Gasteiger partial charge in [0.15, 0.2) is 11.5 Å². The highest BCUT2D eigenvalue weighted by Crippen LogP contribution is 2.34. The van der Waals surface area contributed by atoms with E-state index in [0.29, 0.717) is 44.0 Å². The SMILES string of the molecule is O=C(O)C1CCCCN1S(=O)(=O)c1ccc2c(c1)OCCCO2. The topological polar surface area (TPSA) is 93.1 Å². The van der Waals surface area contributed by atoms with Gasteiger partial charge in [-0.05, 0) is 31.4 Å². The number of ether oxygens (including phenoxy) is 2. The summed E-state index contributed by atoms with van der Waals surface area (Å²) in [4.78, 5) is 11.4. The summed E-state index contributed by atoms with van der Waals surface area (Å²) >= 11 is 0. The number of piperidine rings is 1. The number of carboxylic acids is 1. The fourth-order valence-electron chi connectivity index (χ4n) is 2.88. The van der Waals surface area contributed by atoms with Crippen LogP contribution in [-0.2, 0) is 14.8 Å². The van der Waals surface area contributed by atoms with Crippen LogP contribution in [0.15, 0.2) is 23.1 Å². The minimum atomic E-state index is -3.88. The number of benzene rings is 1. The van der Waals surface area contributed by atoms with Gasteiger partial charge in [0, 0.05) is 19.0 Å². The molecule has 3 rings (SSSR count). The van der Waals surface area contributed by atoms with Gasteiger partial charge in [-0.15, -0.1) is 0 Å². The number of sulfonamides is 1. The Morgan fingerprint density at radius 3 is 2.61 bits per heavy atom. The molecule has 0 saturated carbocycles. The van der Waals surface area contributed by atoms with Gasteiger partial charge in [0.25, 0.3) is 0 Å². The van der Waals surface area contributed by atoms with Crippen molar-refractivity contribution in [2.45, 2.75) is 36.6 Å². The van der Waals surface area contributed by atoms with Crippen molar-refractivity contribution in [3.8, 4) is 11.5 Å². The summed E-state index contributed by atoms with van der Waals surface area (Å²) in [5.41, 5.74) is 0. The number of nitrogens with zero attached hydrogens (tertiary/aromatic N) is 1. The van der Waals surface area contributed by atoms with Crippen molar-refractivity contribution in [3.63, 3.8) is 0 Å². The summed E-state index contributed by atoms with van der Waals surface area (Å²) in [7, 11) is -3.88. The lowest BCUT2D eigenvalue weighted by molar-refractivity contribution is -0.142. The molecule has 0 aliphatic carbocycles. The van der Waals surface area contributed by atoms with E-state index in [1.165, 1.54) is 12.1 Å². The van der Waals surface area contributed by atoms with Gasteiger partial charge >= 0.3 is 5.97 Å². The van der Waals surface area contributed by atoms with Crippen LogP contribution >= 0.6 is 0 Å². The van der Waals surface area contributed by atoms with Crippen molar-refractivity contribution in [1.82, 2.24) is 4.31 Å². The zero-order chi connectivity index (χ0) is 16.4. The first-order valence-electron chi connectivity index (χ1n) is 7.64. The maximum atomic E-state index is 12.8. The second-order valence-electron chi connectivity index (χ2n) is 5.62. The van der Waals surface area contributed by atoms with E-state index < -0.39 is 22.0 Å². The highest BCUT2D eigenvalue weighted by molar-refractivity contribution is 7.89. The number of aliphatic carboxylic acids is 1. The van der Waals surface area contributed by atoms with Gasteiger partial charge < -0.3 is 14.6 Å². The normalized spacial score (nSPS) is 22.3. The second kappa shape index (κ2) is 6.37. The molecule has 1 saturated heterocycles. The van der Waals surface area contributed by atoms with Gasteiger partial charge in [-0.1, -0.05) is 0 Å². The standard InChI is InChI=1S/C15H19NO6S/c17-15(18)12-4-1-2-7-16(12)23(19,20)11-5-6-13-14(10-11)22-9-3-8-21-13/h5-6,10,12H,1-4,7-9H2,(H,17,18). The monoisotopic (exact) mass is 341 g/mol. The molecule has 0 amide bonds. The van der Waals surface area contributed by atoms with E-state index in [-0.39, 0.29) is 11.4 Å². The van der Waals surface area contributed by atoms with Crippen molar-refractivity contribution >= 4 is 16.0 Å². The number of carbonyl (C=O) groups is 1. The van der Waals surface area contributed by atoms with Gasteiger partial charge in [-0.25, -0.2) is 8.42 Å². The summed E-state index contributed by atoms with van der Waals surface area (Å²) < 4.78 is 37.8. The van der Waals surface area contributed by atoms with E-state index in [9.17, 15) is 18.3 Å². The molecule has 1 atom stereocenters. The molecule has 0 spiro atoms. The van der Waals surface area contributed by atoms with Crippen molar-refractivity contribution in [2.75, 3.05) is 19.8 Å². The fourth-order valence-corrected chi connectivity index (χ4v) is 4.55. The first kappa shape index (κ1) is 16.1. The molecule has 0 bridgehead atoms. The predicted octanol–water partition coefficient (Wildman–Crippen LogP) is 1.48. The largest absolute Gasteiger partial charge is 0.490 e. The Bertz CT molecular complexity index is 702. The van der Waals surface area contributed by atoms with Crippen LogP contribution in [0.3, 0.4) is 0 Å². The van der Waals surface area contributed by atoms with E-state index in [1.54, 1.807) is 6.07 Å². The van der Waals surface area contributed by atoms with Crippen LogP contribution in [0.2, 0.25) is 0 Å². The lowest BCUT2D eigenvalue weighted by Gasteiger charge is -2.31. The maximum Gasteiger partial charge on any atom is 0.322 e. The molecule has 2 heterocycles. The smallest absolute Gasteiger partial charge is 0.322 e. The highest BCUT2D eigenvalue weighted by Gasteiger charge is 2.38. The summed E-state index contributed by atoms with van der Waals surface area (Å²) in [6, 6.07) is 3.41. The van der Waals surface area contributed by atoms with Crippen molar-refractivity contribution in [3.05, 3.63) is 18.2 Å². The number of rotatable bonds is 3. The third-order valence-electron chi connectivity index (χ3n) is 4.06. The zero-order valence-electron chi connectivity index (χ0n) is 12.6. The van der Waals surface area contributed by atoms with E-state index in [4.69, 9.17) is 9.47 Å². The molecular formula is C15H19NO6S. The summed E-state index contributed by atoms with van der Waals surface area (Å²) in [6.07, 6.45) is 2.43. The van der Waals surface area contributed by atoms with E-state index in [2.05, 4.69) is 0 Å². The lowest BCUT2D eigenvalue weighted by Crippen LogP contribution is -2.47. The minimum absolute atomic E-state index is 0.0369. The summed E-state index contributed by atoms with van der Waals surface area (Å²) in [5.74, 6) is -0.218. The Morgan fingerprint density at radius 1 is 1.13 bits per heavy atom. The first-order chi connectivity index (χ1) is 11.0. The number of hydrogen-bond donors (Lipinski definition) is 1. The molecule has 1 fully saturated rings. The quantitative estimate of drug-likeness (QED) is 0.895. The van der Waals surface area contributed by atoms with Gasteiger partial charge in [0.2, 0.25) is 10.0 Å². The number of hydrogen-bond acceptors (Lipinski definition) is 5. The van der Waals surface area contributed by atoms with Crippen LogP contribution in [0, 0.1) is 0 Å². The van der Waals surface area contributed by atoms with E-state index >= 15 is 0 Å². The fraction of sp³-hybridized carbons (Fsp3) is 0.533. The molecule has 1 unspecified atom stereocenters. The summed E-state index contributed by atoms with van der Waals surface area (Å²) in [5, 5.41) is 9.30. The molecule has 1 N–H and O–H groups in total. The minimum Gasteiger partial charge on any atom is -0.490 e. The Kier molecular flexibility index (Phi) is 4.45. The molecular weight excluding hydrogens is 322 g/mol. The zero-order valence-corrected chi connectivity index (χ0v) is 13.4. The number of carboxylic acid groups (broad SMARTS) is 1. The molecule has 1 aromatic carbocycles. The van der Waals surface area contributed by atoms with Crippen molar-refractivity contribution < 1.29 is 27.8 Å². The molecule has 7 nitrogen and oxygen atoms in total. The van der Waals surface area contributed by atoms with Crippen LogP contribution in [0.1, 0.15) is 25.7 Å². The van der Waals surface area contributed by atoms with E-state index in [1.807, 2.05) is 0 Å². The second-order valence-corrected chi connectivity index (χ2v) is 7.52. The third kappa shape index (κ3) is 3.13. The van der Waals surface area contributed by atoms with Gasteiger partial charge in [0.1, 0.15) is 6.04 Å². The maximum absolute atomic E-state index is 12.8. The van der Waals surface area contributed by atoms with Gasteiger partial charge in [0.05, 0.1) is 18.1 Å². The van der Waals surface area contributed by atoms with Crippen LogP contribution < -0.4 is 9.47 Å². The predicted molar refractivity (Wildman–Crippen MR) is 81.2 cm³/mol. The average molecular weight is 341 g/mol. The summed E-state index contributed by atoms with van der Waals surface area (Å²) in [6.45, 7) is 1.19. The number of fused-ring (bicyclic) bond motifs is 1. The Labute approximate surface area is 134 Å². The van der Waals surface area contributed by atoms with Crippen LogP contribution in [-0.4, -0.2) is 49.6 Å². The Balaban J connectivity index is 1.95. The van der Waals surface area contributed by atoms with Crippen molar-refractivity contribution in [2.24, 2.45) is 0 Å². The molecule has 2 aliphatic heterocycles. The Morgan fingerprint density at radius 2 is 1.87 bits per heavy atom. The average Bonchev–Trinajstić information content (AvgIpc) is 2.79. The van der Waals surface area contributed by atoms with Gasteiger partial charge in [-0.3, -0.25) is 4.79 Å². The molecule has 0 aromatic heterocycles.